The van der Waals surface area contributed by atoms with Crippen molar-refractivity contribution in [3.05, 3.63) is 66.4 Å². The highest BCUT2D eigenvalue weighted by Gasteiger charge is 2.34. The van der Waals surface area contributed by atoms with Crippen molar-refractivity contribution < 1.29 is 14.6 Å². The quantitative estimate of drug-likeness (QED) is 0.431. The van der Waals surface area contributed by atoms with E-state index in [0.717, 1.165) is 30.0 Å². The first-order valence-corrected chi connectivity index (χ1v) is 14.6. The number of carbonyl (C=O) groups is 1. The van der Waals surface area contributed by atoms with Crippen LogP contribution in [0.25, 0.3) is 10.8 Å². The van der Waals surface area contributed by atoms with E-state index in [1.807, 2.05) is 7.05 Å². The zero-order valence-electron chi connectivity index (χ0n) is 24.0. The number of likely N-dealkylation sites (tertiary alicyclic amines) is 1. The predicted molar refractivity (Wildman–Crippen MR) is 161 cm³/mol. The minimum absolute atomic E-state index is 0.0868. The summed E-state index contributed by atoms with van der Waals surface area (Å²) >= 11 is 0. The van der Waals surface area contributed by atoms with Crippen LogP contribution in [0.4, 0.5) is 11.5 Å². The Bertz CT molecular complexity index is 1520. The monoisotopic (exact) mass is 567 g/mol. The summed E-state index contributed by atoms with van der Waals surface area (Å²) < 4.78 is 6.22. The van der Waals surface area contributed by atoms with Crippen LogP contribution in [0.5, 0.6) is 6.01 Å². The standard InChI is InChI=1S/C32H37N7O3/c1-3-30(41)39-16-15-38(18-23(39)11-13-33)31-27-12-14-37(29-10-6-8-22-7-4-5-9-26(22)29)20-28(27)34-32(35-31)42-21-24-17-25(40)19-36(24)2/h3-10,23-25,40H,1,11-12,14-21H2,2H3/t23-,24?,25-/m0/s1. The summed E-state index contributed by atoms with van der Waals surface area (Å²) in [6.07, 6.45) is 2.61. The third-order valence-electron chi connectivity index (χ3n) is 8.77. The van der Waals surface area contributed by atoms with Crippen LogP contribution in [0.2, 0.25) is 0 Å². The Kier molecular flexibility index (Phi) is 7.96. The van der Waals surface area contributed by atoms with Crippen LogP contribution in [-0.4, -0.2) is 95.3 Å². The highest BCUT2D eigenvalue weighted by atomic mass is 16.5. The van der Waals surface area contributed by atoms with E-state index < -0.39 is 0 Å². The van der Waals surface area contributed by atoms with E-state index in [2.05, 4.69) is 69.8 Å². The number of nitrogens with zero attached hydrogens (tertiary/aromatic N) is 7. The Morgan fingerprint density at radius 2 is 1.95 bits per heavy atom. The maximum absolute atomic E-state index is 12.5. The number of ether oxygens (including phenoxy) is 1. The molecule has 0 radical (unpaired) electrons. The van der Waals surface area contributed by atoms with Crippen molar-refractivity contribution in [1.29, 1.82) is 5.26 Å². The highest BCUT2D eigenvalue weighted by Crippen LogP contribution is 2.35. The number of likely N-dealkylation sites (N-methyl/N-ethyl adjacent to an activating group) is 1. The van der Waals surface area contributed by atoms with Crippen molar-refractivity contribution in [2.24, 2.45) is 0 Å². The number of benzene rings is 2. The molecule has 3 aromatic rings. The molecule has 0 aliphatic carbocycles. The lowest BCUT2D eigenvalue weighted by Crippen LogP contribution is -2.55. The lowest BCUT2D eigenvalue weighted by atomic mass is 10.0. The molecule has 1 amide bonds. The van der Waals surface area contributed by atoms with Gasteiger partial charge in [0.2, 0.25) is 5.91 Å². The molecule has 0 bridgehead atoms. The summed E-state index contributed by atoms with van der Waals surface area (Å²) in [5.74, 6) is 0.665. The number of piperazine rings is 1. The first-order chi connectivity index (χ1) is 20.4. The molecule has 218 valence electrons. The van der Waals surface area contributed by atoms with Crippen molar-refractivity contribution in [3.8, 4) is 12.1 Å². The van der Waals surface area contributed by atoms with Crippen molar-refractivity contribution in [1.82, 2.24) is 19.8 Å². The molecule has 1 unspecified atom stereocenters. The van der Waals surface area contributed by atoms with E-state index in [9.17, 15) is 15.2 Å². The molecule has 3 aliphatic heterocycles. The first-order valence-electron chi connectivity index (χ1n) is 14.6. The molecular weight excluding hydrogens is 530 g/mol. The number of aliphatic hydroxyl groups excluding tert-OH is 1. The van der Waals surface area contributed by atoms with Crippen molar-refractivity contribution in [2.45, 2.75) is 44.0 Å². The average Bonchev–Trinajstić information content (AvgIpc) is 3.34. The molecule has 1 N–H and O–H groups in total. The predicted octanol–water partition coefficient (Wildman–Crippen LogP) is 2.75. The Balaban J connectivity index is 1.32. The molecule has 0 saturated carbocycles. The zero-order valence-corrected chi connectivity index (χ0v) is 24.0. The van der Waals surface area contributed by atoms with E-state index in [1.54, 1.807) is 4.90 Å². The van der Waals surface area contributed by atoms with Gasteiger partial charge in [0.05, 0.1) is 36.9 Å². The second-order valence-corrected chi connectivity index (χ2v) is 11.4. The van der Waals surface area contributed by atoms with E-state index in [1.165, 1.54) is 22.5 Å². The lowest BCUT2D eigenvalue weighted by molar-refractivity contribution is -0.128. The summed E-state index contributed by atoms with van der Waals surface area (Å²) in [6.45, 7) is 7.67. The molecule has 1 aromatic heterocycles. The molecule has 3 atom stereocenters. The Labute approximate surface area is 246 Å². The van der Waals surface area contributed by atoms with Gasteiger partial charge in [0.15, 0.2) is 0 Å². The van der Waals surface area contributed by atoms with Gasteiger partial charge in [-0.3, -0.25) is 9.69 Å². The fourth-order valence-corrected chi connectivity index (χ4v) is 6.56. The molecule has 2 aromatic carbocycles. The summed E-state index contributed by atoms with van der Waals surface area (Å²) in [7, 11) is 1.99. The number of amides is 1. The van der Waals surface area contributed by atoms with Crippen molar-refractivity contribution >= 4 is 28.2 Å². The number of β-amino-alcohol motifs (C(OH)–C–C–N with tert-alkyl or cyclic N) is 1. The summed E-state index contributed by atoms with van der Waals surface area (Å²) in [6, 6.07) is 17.2. The van der Waals surface area contributed by atoms with Crippen molar-refractivity contribution in [3.63, 3.8) is 0 Å². The SMILES string of the molecule is C=CC(=O)N1CCN(c2nc(OCC3C[C@H](O)CN3C)nc3c2CCN(c2cccc4ccccc24)C3)C[C@@H]1CC#N. The maximum atomic E-state index is 12.5. The summed E-state index contributed by atoms with van der Waals surface area (Å²) in [5.41, 5.74) is 3.19. The van der Waals surface area contributed by atoms with Gasteiger partial charge < -0.3 is 24.5 Å². The molecule has 6 rings (SSSR count). The topological polar surface area (TPSA) is 109 Å². The number of carbonyl (C=O) groups excluding carboxylic acids is 1. The van der Waals surface area contributed by atoms with Crippen LogP contribution in [0.3, 0.4) is 0 Å². The third kappa shape index (κ3) is 5.50. The Hall–Kier alpha value is -4.20. The van der Waals surface area contributed by atoms with Crippen LogP contribution in [-0.2, 0) is 17.8 Å². The highest BCUT2D eigenvalue weighted by molar-refractivity contribution is 5.94. The van der Waals surface area contributed by atoms with E-state index >= 15 is 0 Å². The van der Waals surface area contributed by atoms with Crippen LogP contribution >= 0.6 is 0 Å². The van der Waals surface area contributed by atoms with Gasteiger partial charge in [-0.1, -0.05) is 43.0 Å². The molecule has 4 heterocycles. The average molecular weight is 568 g/mol. The lowest BCUT2D eigenvalue weighted by Gasteiger charge is -2.42. The minimum atomic E-state index is -0.357. The normalized spacial score (nSPS) is 22.6. The molecule has 42 heavy (non-hydrogen) atoms. The second kappa shape index (κ2) is 12.0. The maximum Gasteiger partial charge on any atom is 0.318 e. The molecular formula is C32H37N7O3. The van der Waals surface area contributed by atoms with Gasteiger partial charge in [-0.25, -0.2) is 0 Å². The van der Waals surface area contributed by atoms with Gasteiger partial charge in [0, 0.05) is 55.4 Å². The van der Waals surface area contributed by atoms with Crippen LogP contribution in [0.15, 0.2) is 55.1 Å². The van der Waals surface area contributed by atoms with Gasteiger partial charge in [-0.2, -0.15) is 15.2 Å². The summed E-state index contributed by atoms with van der Waals surface area (Å²) in [5, 5.41) is 22.0. The first kappa shape index (κ1) is 27.9. The van der Waals surface area contributed by atoms with E-state index in [4.69, 9.17) is 14.7 Å². The van der Waals surface area contributed by atoms with E-state index in [-0.39, 0.29) is 30.5 Å². The summed E-state index contributed by atoms with van der Waals surface area (Å²) in [4.78, 5) is 30.8. The number of fused-ring (bicyclic) bond motifs is 2. The largest absolute Gasteiger partial charge is 0.462 e. The number of rotatable bonds is 7. The zero-order chi connectivity index (χ0) is 29.2. The number of hydrogen-bond donors (Lipinski definition) is 1. The van der Waals surface area contributed by atoms with Crippen LogP contribution < -0.4 is 14.5 Å². The number of anilines is 2. The fraction of sp³-hybridized carbons (Fsp3) is 0.438. The number of hydrogen-bond acceptors (Lipinski definition) is 9. The van der Waals surface area contributed by atoms with Crippen molar-refractivity contribution in [2.75, 3.05) is 56.2 Å². The van der Waals surface area contributed by atoms with E-state index in [0.29, 0.717) is 51.8 Å². The molecule has 10 nitrogen and oxygen atoms in total. The van der Waals surface area contributed by atoms with Crippen LogP contribution in [0, 0.1) is 11.3 Å². The number of aromatic nitrogens is 2. The second-order valence-electron chi connectivity index (χ2n) is 11.4. The third-order valence-corrected chi connectivity index (χ3v) is 8.77. The number of aliphatic hydroxyl groups is 1. The molecule has 2 saturated heterocycles. The fourth-order valence-electron chi connectivity index (χ4n) is 6.56. The van der Waals surface area contributed by atoms with Gasteiger partial charge >= 0.3 is 6.01 Å². The number of nitriles is 1. The van der Waals surface area contributed by atoms with Crippen LogP contribution in [0.1, 0.15) is 24.1 Å². The van der Waals surface area contributed by atoms with Gasteiger partial charge in [0.1, 0.15) is 12.4 Å². The molecule has 3 aliphatic rings. The Morgan fingerprint density at radius 3 is 2.74 bits per heavy atom. The molecule has 10 heteroatoms. The molecule has 0 spiro atoms. The Morgan fingerprint density at radius 1 is 1.12 bits per heavy atom. The molecule has 2 fully saturated rings. The van der Waals surface area contributed by atoms with Gasteiger partial charge in [0.25, 0.3) is 0 Å². The smallest absolute Gasteiger partial charge is 0.318 e. The van der Waals surface area contributed by atoms with Gasteiger partial charge in [-0.15, -0.1) is 0 Å². The minimum Gasteiger partial charge on any atom is -0.462 e. The van der Waals surface area contributed by atoms with Gasteiger partial charge in [-0.05, 0) is 37.4 Å².